The maximum absolute atomic E-state index is 10.8. The summed E-state index contributed by atoms with van der Waals surface area (Å²) in [5, 5.41) is 11.1. The predicted octanol–water partition coefficient (Wildman–Crippen LogP) is 1.79. The van der Waals surface area contributed by atoms with Crippen molar-refractivity contribution in [2.24, 2.45) is 5.84 Å². The molecule has 3 N–H and O–H groups in total. The molecule has 1 aromatic carbocycles. The molecule has 1 rings (SSSR count). The molecule has 0 atom stereocenters. The number of nitro groups is 1. The smallest absolute Gasteiger partial charge is 0.312 e. The van der Waals surface area contributed by atoms with Crippen LogP contribution in [0, 0.1) is 10.1 Å². The van der Waals surface area contributed by atoms with Gasteiger partial charge in [0.15, 0.2) is 5.75 Å². The minimum Gasteiger partial charge on any atom is -0.487 e. The third-order valence-electron chi connectivity index (χ3n) is 2.33. The van der Waals surface area contributed by atoms with Crippen molar-refractivity contribution in [2.45, 2.75) is 19.3 Å². The second-order valence-electron chi connectivity index (χ2n) is 3.74. The van der Waals surface area contributed by atoms with E-state index in [-0.39, 0.29) is 29.0 Å². The SMILES string of the molecule is NNC(=O)CCCCOc1ccc(Cl)cc1[N+](=O)[O-]. The van der Waals surface area contributed by atoms with Crippen LogP contribution < -0.4 is 16.0 Å². The number of nitrogens with two attached hydrogens (primary N) is 1. The van der Waals surface area contributed by atoms with Crippen LogP contribution in [0.3, 0.4) is 0 Å². The number of halogens is 1. The molecule has 0 heterocycles. The average Bonchev–Trinajstić information content (AvgIpc) is 2.39. The van der Waals surface area contributed by atoms with E-state index >= 15 is 0 Å². The highest BCUT2D eigenvalue weighted by Crippen LogP contribution is 2.29. The summed E-state index contributed by atoms with van der Waals surface area (Å²) in [6.07, 6.45) is 1.47. The van der Waals surface area contributed by atoms with Crippen LogP contribution in [0.2, 0.25) is 5.02 Å². The lowest BCUT2D eigenvalue weighted by Crippen LogP contribution is -2.29. The highest BCUT2D eigenvalue weighted by Gasteiger charge is 2.15. The van der Waals surface area contributed by atoms with Crippen LogP contribution in [0.15, 0.2) is 18.2 Å². The Bertz CT molecular complexity index is 467. The Morgan fingerprint density at radius 1 is 1.47 bits per heavy atom. The van der Waals surface area contributed by atoms with Gasteiger partial charge in [-0.05, 0) is 25.0 Å². The van der Waals surface area contributed by atoms with Crippen molar-refractivity contribution in [3.8, 4) is 5.75 Å². The number of amides is 1. The van der Waals surface area contributed by atoms with Crippen molar-refractivity contribution in [3.63, 3.8) is 0 Å². The lowest BCUT2D eigenvalue weighted by Gasteiger charge is -2.06. The Balaban J connectivity index is 2.45. The second kappa shape index (κ2) is 7.55. The number of hydrogen-bond acceptors (Lipinski definition) is 5. The molecule has 0 bridgehead atoms. The standard InChI is InChI=1S/C11H14ClN3O4/c12-8-4-5-10(9(7-8)15(17)18)19-6-2-1-3-11(16)14-13/h4-5,7H,1-3,6,13H2,(H,14,16). The molecule has 1 amide bonds. The molecule has 0 unspecified atom stereocenters. The summed E-state index contributed by atoms with van der Waals surface area (Å²) >= 11 is 5.68. The maximum Gasteiger partial charge on any atom is 0.312 e. The van der Waals surface area contributed by atoms with Gasteiger partial charge in [0.1, 0.15) is 0 Å². The van der Waals surface area contributed by atoms with E-state index in [4.69, 9.17) is 22.2 Å². The average molecular weight is 288 g/mol. The molecule has 8 heteroatoms. The van der Waals surface area contributed by atoms with Gasteiger partial charge in [-0.15, -0.1) is 0 Å². The van der Waals surface area contributed by atoms with Gasteiger partial charge in [0.25, 0.3) is 0 Å². The normalized spacial score (nSPS) is 10.0. The monoisotopic (exact) mass is 287 g/mol. The van der Waals surface area contributed by atoms with E-state index in [2.05, 4.69) is 0 Å². The fourth-order valence-corrected chi connectivity index (χ4v) is 1.56. The van der Waals surface area contributed by atoms with Crippen LogP contribution in [0.5, 0.6) is 5.75 Å². The largest absolute Gasteiger partial charge is 0.487 e. The number of ether oxygens (including phenoxy) is 1. The number of carbonyl (C=O) groups is 1. The van der Waals surface area contributed by atoms with Crippen LogP contribution in [0.4, 0.5) is 5.69 Å². The van der Waals surface area contributed by atoms with Crippen LogP contribution in [0.25, 0.3) is 0 Å². The zero-order valence-corrected chi connectivity index (χ0v) is 10.9. The number of hydrazine groups is 1. The molecule has 0 aliphatic rings. The van der Waals surface area contributed by atoms with Crippen LogP contribution in [-0.2, 0) is 4.79 Å². The summed E-state index contributed by atoms with van der Waals surface area (Å²) < 4.78 is 5.31. The summed E-state index contributed by atoms with van der Waals surface area (Å²) in [7, 11) is 0. The molecule has 0 radical (unpaired) electrons. The van der Waals surface area contributed by atoms with Crippen LogP contribution in [0.1, 0.15) is 19.3 Å². The van der Waals surface area contributed by atoms with Gasteiger partial charge < -0.3 is 4.74 Å². The molecule has 0 fully saturated rings. The first-order valence-corrected chi connectivity index (χ1v) is 5.98. The van der Waals surface area contributed by atoms with Crippen molar-refractivity contribution < 1.29 is 14.5 Å². The number of benzene rings is 1. The summed E-state index contributed by atoms with van der Waals surface area (Å²) in [6.45, 7) is 0.278. The number of hydrogen-bond donors (Lipinski definition) is 2. The summed E-state index contributed by atoms with van der Waals surface area (Å²) in [5.41, 5.74) is 1.85. The summed E-state index contributed by atoms with van der Waals surface area (Å²) in [4.78, 5) is 21.1. The second-order valence-corrected chi connectivity index (χ2v) is 4.18. The third kappa shape index (κ3) is 5.11. The Morgan fingerprint density at radius 3 is 2.84 bits per heavy atom. The number of nitrogens with zero attached hydrogens (tertiary/aromatic N) is 1. The Labute approximate surface area is 114 Å². The van der Waals surface area contributed by atoms with Gasteiger partial charge in [-0.25, -0.2) is 5.84 Å². The zero-order valence-electron chi connectivity index (χ0n) is 10.1. The molecule has 104 valence electrons. The number of unbranched alkanes of at least 4 members (excludes halogenated alkanes) is 1. The highest BCUT2D eigenvalue weighted by atomic mass is 35.5. The van der Waals surface area contributed by atoms with Crippen LogP contribution in [-0.4, -0.2) is 17.4 Å². The first kappa shape index (κ1) is 15.2. The summed E-state index contributed by atoms with van der Waals surface area (Å²) in [5.74, 6) is 4.84. The molecule has 7 nitrogen and oxygen atoms in total. The van der Waals surface area contributed by atoms with Gasteiger partial charge in [0.2, 0.25) is 5.91 Å². The molecule has 19 heavy (non-hydrogen) atoms. The minimum absolute atomic E-state index is 0.165. The van der Waals surface area contributed by atoms with E-state index in [0.717, 1.165) is 0 Å². The van der Waals surface area contributed by atoms with Crippen molar-refractivity contribution in [3.05, 3.63) is 33.3 Å². The van der Waals surface area contributed by atoms with Crippen LogP contribution >= 0.6 is 11.6 Å². The van der Waals surface area contributed by atoms with Crippen molar-refractivity contribution >= 4 is 23.2 Å². The number of rotatable bonds is 7. The van der Waals surface area contributed by atoms with Crippen molar-refractivity contribution in [1.82, 2.24) is 5.43 Å². The molecule has 0 spiro atoms. The van der Waals surface area contributed by atoms with Gasteiger partial charge in [0, 0.05) is 17.5 Å². The molecular formula is C11H14ClN3O4. The first-order valence-electron chi connectivity index (χ1n) is 5.60. The van der Waals surface area contributed by atoms with Gasteiger partial charge in [-0.1, -0.05) is 11.6 Å². The Kier molecular flexibility index (Phi) is 6.04. The Morgan fingerprint density at radius 2 is 2.21 bits per heavy atom. The summed E-state index contributed by atoms with van der Waals surface area (Å²) in [6, 6.07) is 4.21. The van der Waals surface area contributed by atoms with E-state index in [9.17, 15) is 14.9 Å². The molecule has 0 aliphatic heterocycles. The van der Waals surface area contributed by atoms with E-state index < -0.39 is 4.92 Å². The number of carbonyl (C=O) groups excluding carboxylic acids is 1. The Hall–Kier alpha value is -1.86. The quantitative estimate of drug-likeness (QED) is 0.261. The number of nitro benzene ring substituents is 1. The van der Waals surface area contributed by atoms with Gasteiger partial charge in [-0.2, -0.15) is 0 Å². The lowest BCUT2D eigenvalue weighted by atomic mass is 10.2. The van der Waals surface area contributed by atoms with Gasteiger partial charge >= 0.3 is 5.69 Å². The van der Waals surface area contributed by atoms with E-state index in [1.54, 1.807) is 0 Å². The predicted molar refractivity (Wildman–Crippen MR) is 69.8 cm³/mol. The van der Waals surface area contributed by atoms with E-state index in [1.165, 1.54) is 18.2 Å². The fraction of sp³-hybridized carbons (Fsp3) is 0.364. The molecule has 0 saturated carbocycles. The fourth-order valence-electron chi connectivity index (χ4n) is 1.40. The van der Waals surface area contributed by atoms with Crippen molar-refractivity contribution in [2.75, 3.05) is 6.61 Å². The van der Waals surface area contributed by atoms with Crippen molar-refractivity contribution in [1.29, 1.82) is 0 Å². The molecule has 0 aromatic heterocycles. The highest BCUT2D eigenvalue weighted by molar-refractivity contribution is 6.30. The van der Waals surface area contributed by atoms with Gasteiger partial charge in [0.05, 0.1) is 11.5 Å². The third-order valence-corrected chi connectivity index (χ3v) is 2.57. The molecular weight excluding hydrogens is 274 g/mol. The minimum atomic E-state index is -0.552. The van der Waals surface area contributed by atoms with Gasteiger partial charge in [-0.3, -0.25) is 20.3 Å². The topological polar surface area (TPSA) is 107 Å². The zero-order chi connectivity index (χ0) is 14.3. The molecule has 0 aliphatic carbocycles. The maximum atomic E-state index is 10.8. The molecule has 1 aromatic rings. The first-order chi connectivity index (χ1) is 9.04. The lowest BCUT2D eigenvalue weighted by molar-refractivity contribution is -0.385. The van der Waals surface area contributed by atoms with E-state index in [1.807, 2.05) is 5.43 Å². The number of nitrogens with one attached hydrogen (secondary N) is 1. The van der Waals surface area contributed by atoms with E-state index in [0.29, 0.717) is 19.3 Å². The molecule has 0 saturated heterocycles.